The zero-order chi connectivity index (χ0) is 19.8. The van der Waals surface area contributed by atoms with Crippen molar-refractivity contribution in [2.24, 2.45) is 0 Å². The van der Waals surface area contributed by atoms with Crippen LogP contribution >= 0.6 is 0 Å². The Hall–Kier alpha value is -3.33. The van der Waals surface area contributed by atoms with Crippen LogP contribution in [0.5, 0.6) is 5.75 Å². The molecule has 0 aliphatic carbocycles. The van der Waals surface area contributed by atoms with Crippen molar-refractivity contribution >= 4 is 23.4 Å². The van der Waals surface area contributed by atoms with E-state index in [2.05, 4.69) is 24.1 Å². The van der Waals surface area contributed by atoms with Gasteiger partial charge in [-0.2, -0.15) is 5.26 Å². The third-order valence-corrected chi connectivity index (χ3v) is 4.11. The first-order valence-corrected chi connectivity index (χ1v) is 8.64. The zero-order valence-corrected chi connectivity index (χ0v) is 15.6. The number of nitriles is 1. The number of ether oxygens (including phenoxy) is 1. The molecule has 0 saturated carbocycles. The summed E-state index contributed by atoms with van der Waals surface area (Å²) < 4.78 is 18.4. The van der Waals surface area contributed by atoms with Gasteiger partial charge in [-0.15, -0.1) is 0 Å². The number of benzene rings is 2. The average molecular weight is 367 g/mol. The summed E-state index contributed by atoms with van der Waals surface area (Å²) in [5, 5.41) is 12.0. The molecule has 27 heavy (non-hydrogen) atoms. The first-order chi connectivity index (χ1) is 13.0. The van der Waals surface area contributed by atoms with Crippen LogP contribution in [-0.4, -0.2) is 26.1 Å². The molecule has 2 rings (SSSR count). The normalized spacial score (nSPS) is 10.9. The molecule has 0 saturated heterocycles. The second kappa shape index (κ2) is 9.39. The number of carbonyl (C=O) groups excluding carboxylic acids is 1. The van der Waals surface area contributed by atoms with E-state index >= 15 is 0 Å². The number of methoxy groups -OCH3 is 1. The molecule has 0 aliphatic heterocycles. The van der Waals surface area contributed by atoms with Gasteiger partial charge in [-0.05, 0) is 56.3 Å². The van der Waals surface area contributed by atoms with Crippen molar-refractivity contribution in [3.05, 3.63) is 59.4 Å². The number of hydrogen-bond acceptors (Lipinski definition) is 4. The van der Waals surface area contributed by atoms with Crippen LogP contribution < -0.4 is 15.0 Å². The van der Waals surface area contributed by atoms with E-state index in [0.717, 1.165) is 18.8 Å². The molecule has 0 radical (unpaired) electrons. The van der Waals surface area contributed by atoms with E-state index in [-0.39, 0.29) is 5.57 Å². The zero-order valence-electron chi connectivity index (χ0n) is 15.6. The summed E-state index contributed by atoms with van der Waals surface area (Å²) in [4.78, 5) is 14.5. The second-order valence-electron chi connectivity index (χ2n) is 5.73. The fraction of sp³-hybridized carbons (Fsp3) is 0.238. The minimum atomic E-state index is -0.570. The fourth-order valence-electron chi connectivity index (χ4n) is 2.64. The van der Waals surface area contributed by atoms with Crippen molar-refractivity contribution in [3.63, 3.8) is 0 Å². The van der Waals surface area contributed by atoms with Crippen molar-refractivity contribution in [1.82, 2.24) is 0 Å². The van der Waals surface area contributed by atoms with Gasteiger partial charge in [0.15, 0.2) is 0 Å². The van der Waals surface area contributed by atoms with Crippen LogP contribution in [0.3, 0.4) is 0 Å². The van der Waals surface area contributed by atoms with Gasteiger partial charge in [-0.3, -0.25) is 4.79 Å². The van der Waals surface area contributed by atoms with Gasteiger partial charge in [0, 0.05) is 36.1 Å². The highest BCUT2D eigenvalue weighted by Crippen LogP contribution is 2.27. The minimum Gasteiger partial charge on any atom is -0.496 e. The molecule has 6 heteroatoms. The molecule has 0 aromatic heterocycles. The Morgan fingerprint density at radius 3 is 2.44 bits per heavy atom. The summed E-state index contributed by atoms with van der Waals surface area (Å²) in [6.07, 6.45) is 1.48. The summed E-state index contributed by atoms with van der Waals surface area (Å²) in [5.74, 6) is -0.400. The third-order valence-electron chi connectivity index (χ3n) is 4.11. The van der Waals surface area contributed by atoms with Crippen molar-refractivity contribution in [3.8, 4) is 11.8 Å². The quantitative estimate of drug-likeness (QED) is 0.588. The van der Waals surface area contributed by atoms with Gasteiger partial charge in [0.05, 0.1) is 7.11 Å². The van der Waals surface area contributed by atoms with Gasteiger partial charge in [-0.1, -0.05) is 0 Å². The Morgan fingerprint density at radius 1 is 1.22 bits per heavy atom. The maximum absolute atomic E-state index is 13.0. The van der Waals surface area contributed by atoms with Gasteiger partial charge in [0.2, 0.25) is 0 Å². The molecule has 0 atom stereocenters. The number of hydrogen-bond donors (Lipinski definition) is 1. The maximum Gasteiger partial charge on any atom is 0.266 e. The highest BCUT2D eigenvalue weighted by molar-refractivity contribution is 6.09. The Morgan fingerprint density at radius 2 is 1.89 bits per heavy atom. The first kappa shape index (κ1) is 20.0. The van der Waals surface area contributed by atoms with Crippen LogP contribution in [0.1, 0.15) is 19.4 Å². The highest BCUT2D eigenvalue weighted by Gasteiger charge is 2.13. The van der Waals surface area contributed by atoms with Crippen LogP contribution in [0.2, 0.25) is 0 Å². The van der Waals surface area contributed by atoms with Crippen LogP contribution in [0, 0.1) is 17.1 Å². The van der Waals surface area contributed by atoms with E-state index in [1.807, 2.05) is 24.3 Å². The Labute approximate surface area is 158 Å². The number of rotatable bonds is 7. The molecule has 1 amide bonds. The summed E-state index contributed by atoms with van der Waals surface area (Å²) >= 11 is 0. The molecule has 0 spiro atoms. The summed E-state index contributed by atoms with van der Waals surface area (Å²) in [7, 11) is 1.54. The lowest BCUT2D eigenvalue weighted by molar-refractivity contribution is -0.112. The number of halogens is 1. The molecule has 0 bridgehead atoms. The third kappa shape index (κ3) is 5.08. The molecule has 0 heterocycles. The van der Waals surface area contributed by atoms with Gasteiger partial charge >= 0.3 is 0 Å². The first-order valence-electron chi connectivity index (χ1n) is 8.64. The van der Waals surface area contributed by atoms with E-state index in [1.165, 1.54) is 30.3 Å². The van der Waals surface area contributed by atoms with Crippen LogP contribution in [-0.2, 0) is 4.79 Å². The Kier molecular flexibility index (Phi) is 6.95. The average Bonchev–Trinajstić information content (AvgIpc) is 2.69. The minimum absolute atomic E-state index is 0.0757. The standard InChI is InChI=1S/C21H22FN3O2/c1-4-25(5-2)19-11-6-15(20(13-19)27-3)12-16(14-23)21(26)24-18-9-7-17(22)8-10-18/h6-13H,4-5H2,1-3H3,(H,24,26)/b16-12+. The molecule has 140 valence electrons. The van der Waals surface area contributed by atoms with Crippen LogP contribution in [0.4, 0.5) is 15.8 Å². The molecular formula is C21H22FN3O2. The lowest BCUT2D eigenvalue weighted by Crippen LogP contribution is -2.21. The number of anilines is 2. The topological polar surface area (TPSA) is 65.4 Å². The molecule has 5 nitrogen and oxygen atoms in total. The van der Waals surface area contributed by atoms with E-state index in [1.54, 1.807) is 7.11 Å². The van der Waals surface area contributed by atoms with Gasteiger partial charge in [-0.25, -0.2) is 4.39 Å². The molecule has 2 aromatic rings. The van der Waals surface area contributed by atoms with Crippen LogP contribution in [0.15, 0.2) is 48.0 Å². The van der Waals surface area contributed by atoms with Crippen LogP contribution in [0.25, 0.3) is 6.08 Å². The lowest BCUT2D eigenvalue weighted by atomic mass is 10.1. The molecule has 0 fully saturated rings. The maximum atomic E-state index is 13.0. The molecular weight excluding hydrogens is 345 g/mol. The largest absolute Gasteiger partial charge is 0.496 e. The lowest BCUT2D eigenvalue weighted by Gasteiger charge is -2.22. The van der Waals surface area contributed by atoms with Gasteiger partial charge in [0.25, 0.3) is 5.91 Å². The molecule has 0 unspecified atom stereocenters. The van der Waals surface area contributed by atoms with E-state index < -0.39 is 11.7 Å². The molecule has 1 N–H and O–H groups in total. The number of amides is 1. The van der Waals surface area contributed by atoms with E-state index in [0.29, 0.717) is 17.0 Å². The summed E-state index contributed by atoms with van der Waals surface area (Å²) in [5.41, 5.74) is 1.96. The van der Waals surface area contributed by atoms with Crippen molar-refractivity contribution < 1.29 is 13.9 Å². The van der Waals surface area contributed by atoms with Crippen molar-refractivity contribution in [1.29, 1.82) is 5.26 Å². The number of carbonyl (C=O) groups is 1. The second-order valence-corrected chi connectivity index (χ2v) is 5.73. The highest BCUT2D eigenvalue weighted by atomic mass is 19.1. The summed E-state index contributed by atoms with van der Waals surface area (Å²) in [6, 6.07) is 12.9. The van der Waals surface area contributed by atoms with E-state index in [9.17, 15) is 14.4 Å². The molecule has 2 aromatic carbocycles. The summed E-state index contributed by atoms with van der Waals surface area (Å²) in [6.45, 7) is 5.85. The molecule has 0 aliphatic rings. The van der Waals surface area contributed by atoms with Crippen molar-refractivity contribution in [2.45, 2.75) is 13.8 Å². The van der Waals surface area contributed by atoms with Gasteiger partial charge in [0.1, 0.15) is 23.2 Å². The monoisotopic (exact) mass is 367 g/mol. The van der Waals surface area contributed by atoms with E-state index in [4.69, 9.17) is 4.74 Å². The van der Waals surface area contributed by atoms with Gasteiger partial charge < -0.3 is 15.0 Å². The smallest absolute Gasteiger partial charge is 0.266 e. The number of nitrogens with one attached hydrogen (secondary N) is 1. The predicted octanol–water partition coefficient (Wildman–Crippen LogP) is 4.23. The SMILES string of the molecule is CCN(CC)c1ccc(/C=C(\C#N)C(=O)Nc2ccc(F)cc2)c(OC)c1. The fourth-order valence-corrected chi connectivity index (χ4v) is 2.64. The van der Waals surface area contributed by atoms with Crippen molar-refractivity contribution in [2.75, 3.05) is 30.4 Å². The number of nitrogens with zero attached hydrogens (tertiary/aromatic N) is 2. The predicted molar refractivity (Wildman–Crippen MR) is 105 cm³/mol. The Bertz CT molecular complexity index is 866. The Balaban J connectivity index is 2.29.